The third-order valence-corrected chi connectivity index (χ3v) is 2.50. The second-order valence-electron chi connectivity index (χ2n) is 3.82. The smallest absolute Gasteiger partial charge is 0.322 e. The Bertz CT molecular complexity index is 352. The molecule has 2 rings (SSSR count). The standard InChI is InChI=1S/C11H15N3O2/c15-7-6-14(10-3-4-10)11(16)13-9-2-1-5-12-8-9/h1-2,5,8,10,15H,3-4,6-7H2,(H,13,16). The number of hydrogen-bond acceptors (Lipinski definition) is 3. The lowest BCUT2D eigenvalue weighted by Gasteiger charge is -2.21. The summed E-state index contributed by atoms with van der Waals surface area (Å²) < 4.78 is 0. The number of nitrogens with one attached hydrogen (secondary N) is 1. The van der Waals surface area contributed by atoms with Crippen molar-refractivity contribution in [3.05, 3.63) is 24.5 Å². The second kappa shape index (κ2) is 4.94. The maximum Gasteiger partial charge on any atom is 0.322 e. The lowest BCUT2D eigenvalue weighted by Crippen LogP contribution is -2.38. The Morgan fingerprint density at radius 2 is 2.44 bits per heavy atom. The first kappa shape index (κ1) is 10.9. The van der Waals surface area contributed by atoms with Gasteiger partial charge >= 0.3 is 6.03 Å². The maximum absolute atomic E-state index is 11.9. The van der Waals surface area contributed by atoms with Crippen LogP contribution in [0.15, 0.2) is 24.5 Å². The van der Waals surface area contributed by atoms with Crippen LogP contribution in [0, 0.1) is 0 Å². The molecule has 5 heteroatoms. The van der Waals surface area contributed by atoms with E-state index in [-0.39, 0.29) is 12.6 Å². The number of pyridine rings is 1. The Labute approximate surface area is 94.1 Å². The predicted molar refractivity (Wildman–Crippen MR) is 60.1 cm³/mol. The number of hydrogen-bond donors (Lipinski definition) is 2. The van der Waals surface area contributed by atoms with Crippen LogP contribution in [0.1, 0.15) is 12.8 Å². The van der Waals surface area contributed by atoms with Gasteiger partial charge in [-0.3, -0.25) is 4.98 Å². The van der Waals surface area contributed by atoms with Crippen molar-refractivity contribution < 1.29 is 9.90 Å². The highest BCUT2D eigenvalue weighted by atomic mass is 16.3. The van der Waals surface area contributed by atoms with Crippen molar-refractivity contribution in [3.8, 4) is 0 Å². The predicted octanol–water partition coefficient (Wildman–Crippen LogP) is 1.07. The monoisotopic (exact) mass is 221 g/mol. The molecule has 16 heavy (non-hydrogen) atoms. The van der Waals surface area contributed by atoms with Crippen LogP contribution < -0.4 is 5.32 Å². The molecule has 0 atom stereocenters. The lowest BCUT2D eigenvalue weighted by molar-refractivity contribution is 0.185. The number of urea groups is 1. The largest absolute Gasteiger partial charge is 0.395 e. The van der Waals surface area contributed by atoms with Crippen molar-refractivity contribution >= 4 is 11.7 Å². The van der Waals surface area contributed by atoms with Crippen LogP contribution in [0.25, 0.3) is 0 Å². The van der Waals surface area contributed by atoms with Crippen LogP contribution in [0.5, 0.6) is 0 Å². The fraction of sp³-hybridized carbons (Fsp3) is 0.455. The summed E-state index contributed by atoms with van der Waals surface area (Å²) in [5, 5.41) is 11.7. The quantitative estimate of drug-likeness (QED) is 0.799. The molecule has 0 bridgehead atoms. The van der Waals surface area contributed by atoms with Gasteiger partial charge in [-0.1, -0.05) is 0 Å². The summed E-state index contributed by atoms with van der Waals surface area (Å²) >= 11 is 0. The molecule has 1 aliphatic rings. The van der Waals surface area contributed by atoms with E-state index < -0.39 is 0 Å². The van der Waals surface area contributed by atoms with Crippen LogP contribution in [-0.2, 0) is 0 Å². The molecule has 1 aromatic rings. The first-order valence-corrected chi connectivity index (χ1v) is 5.40. The Balaban J connectivity index is 1.95. The first-order valence-electron chi connectivity index (χ1n) is 5.40. The number of anilines is 1. The normalized spacial score (nSPS) is 14.6. The van der Waals surface area contributed by atoms with Crippen molar-refractivity contribution in [1.29, 1.82) is 0 Å². The molecule has 2 N–H and O–H groups in total. The zero-order chi connectivity index (χ0) is 11.4. The second-order valence-corrected chi connectivity index (χ2v) is 3.82. The van der Waals surface area contributed by atoms with E-state index in [1.165, 1.54) is 0 Å². The molecule has 0 unspecified atom stereocenters. The highest BCUT2D eigenvalue weighted by Crippen LogP contribution is 2.27. The molecular weight excluding hydrogens is 206 g/mol. The van der Waals surface area contributed by atoms with E-state index in [0.29, 0.717) is 18.3 Å². The molecule has 2 amide bonds. The molecular formula is C11H15N3O2. The van der Waals surface area contributed by atoms with Gasteiger partial charge in [0.2, 0.25) is 0 Å². The van der Waals surface area contributed by atoms with Crippen molar-refractivity contribution in [2.75, 3.05) is 18.5 Å². The van der Waals surface area contributed by atoms with Crippen molar-refractivity contribution in [3.63, 3.8) is 0 Å². The molecule has 0 spiro atoms. The third-order valence-electron chi connectivity index (χ3n) is 2.50. The molecule has 0 saturated heterocycles. The number of aliphatic hydroxyl groups excluding tert-OH is 1. The number of aromatic nitrogens is 1. The van der Waals surface area contributed by atoms with Crippen LogP contribution in [0.2, 0.25) is 0 Å². The molecule has 1 aliphatic carbocycles. The van der Waals surface area contributed by atoms with E-state index in [0.717, 1.165) is 12.8 Å². The molecule has 86 valence electrons. The van der Waals surface area contributed by atoms with Gasteiger partial charge in [-0.05, 0) is 25.0 Å². The van der Waals surface area contributed by atoms with E-state index in [1.54, 1.807) is 29.4 Å². The van der Waals surface area contributed by atoms with Gasteiger partial charge in [0.25, 0.3) is 0 Å². The molecule has 1 fully saturated rings. The van der Waals surface area contributed by atoms with Crippen LogP contribution in [0.4, 0.5) is 10.5 Å². The molecule has 0 aliphatic heterocycles. The molecule has 1 saturated carbocycles. The summed E-state index contributed by atoms with van der Waals surface area (Å²) in [6.07, 6.45) is 5.31. The number of aliphatic hydroxyl groups is 1. The van der Waals surface area contributed by atoms with Gasteiger partial charge in [-0.25, -0.2) is 4.79 Å². The number of carbonyl (C=O) groups is 1. The molecule has 1 heterocycles. The number of nitrogens with zero attached hydrogens (tertiary/aromatic N) is 2. The average Bonchev–Trinajstić information content (AvgIpc) is 3.11. The van der Waals surface area contributed by atoms with E-state index in [4.69, 9.17) is 5.11 Å². The van der Waals surface area contributed by atoms with Crippen molar-refractivity contribution in [1.82, 2.24) is 9.88 Å². The number of amides is 2. The fourth-order valence-electron chi connectivity index (χ4n) is 1.58. The summed E-state index contributed by atoms with van der Waals surface area (Å²) in [7, 11) is 0. The van der Waals surface area contributed by atoms with Crippen LogP contribution in [-0.4, -0.2) is 40.2 Å². The molecule has 0 aromatic carbocycles. The number of rotatable bonds is 4. The number of carbonyl (C=O) groups excluding carboxylic acids is 1. The highest BCUT2D eigenvalue weighted by Gasteiger charge is 2.32. The zero-order valence-electron chi connectivity index (χ0n) is 8.97. The minimum Gasteiger partial charge on any atom is -0.395 e. The molecule has 5 nitrogen and oxygen atoms in total. The summed E-state index contributed by atoms with van der Waals surface area (Å²) in [6, 6.07) is 3.69. The minimum absolute atomic E-state index is 0.00302. The minimum atomic E-state index is -0.162. The van der Waals surface area contributed by atoms with E-state index in [1.807, 2.05) is 0 Å². The van der Waals surface area contributed by atoms with E-state index >= 15 is 0 Å². The fourth-order valence-corrected chi connectivity index (χ4v) is 1.58. The summed E-state index contributed by atoms with van der Waals surface area (Å²) in [4.78, 5) is 17.5. The Morgan fingerprint density at radius 3 is 3.00 bits per heavy atom. The summed E-state index contributed by atoms with van der Waals surface area (Å²) in [5.41, 5.74) is 0.677. The van der Waals surface area contributed by atoms with Gasteiger partial charge in [0, 0.05) is 18.8 Å². The average molecular weight is 221 g/mol. The van der Waals surface area contributed by atoms with Gasteiger partial charge in [-0.15, -0.1) is 0 Å². The first-order chi connectivity index (χ1) is 7.81. The Hall–Kier alpha value is -1.62. The van der Waals surface area contributed by atoms with Gasteiger partial charge in [0.05, 0.1) is 18.5 Å². The highest BCUT2D eigenvalue weighted by molar-refractivity contribution is 5.89. The van der Waals surface area contributed by atoms with Gasteiger partial charge in [0.15, 0.2) is 0 Å². The van der Waals surface area contributed by atoms with Gasteiger partial charge in [-0.2, -0.15) is 0 Å². The lowest BCUT2D eigenvalue weighted by atomic mass is 10.4. The van der Waals surface area contributed by atoms with E-state index in [9.17, 15) is 4.79 Å². The SMILES string of the molecule is O=C(Nc1cccnc1)N(CCO)C1CC1. The molecule has 0 radical (unpaired) electrons. The summed E-state index contributed by atoms with van der Waals surface area (Å²) in [6.45, 7) is 0.383. The van der Waals surface area contributed by atoms with Crippen molar-refractivity contribution in [2.45, 2.75) is 18.9 Å². The van der Waals surface area contributed by atoms with Gasteiger partial charge < -0.3 is 15.3 Å². The maximum atomic E-state index is 11.9. The topological polar surface area (TPSA) is 65.5 Å². The Morgan fingerprint density at radius 1 is 1.62 bits per heavy atom. The molecule has 1 aromatic heterocycles. The van der Waals surface area contributed by atoms with Crippen LogP contribution >= 0.6 is 0 Å². The van der Waals surface area contributed by atoms with Crippen LogP contribution in [0.3, 0.4) is 0 Å². The zero-order valence-corrected chi connectivity index (χ0v) is 8.97. The van der Waals surface area contributed by atoms with Crippen molar-refractivity contribution in [2.24, 2.45) is 0 Å². The third kappa shape index (κ3) is 2.70. The van der Waals surface area contributed by atoms with Gasteiger partial charge in [0.1, 0.15) is 0 Å². The summed E-state index contributed by atoms with van der Waals surface area (Å²) in [5.74, 6) is 0. The van der Waals surface area contributed by atoms with E-state index in [2.05, 4.69) is 10.3 Å². The Kier molecular flexibility index (Phi) is 3.36.